The van der Waals surface area contributed by atoms with Crippen LogP contribution < -0.4 is 4.74 Å². The zero-order valence-electron chi connectivity index (χ0n) is 8.33. The predicted molar refractivity (Wildman–Crippen MR) is 57.4 cm³/mol. The molecule has 1 rings (SSSR count). The SMILES string of the molecule is CC(=O)c1ccc(OC(=O)CCCl)cc1. The normalized spacial score (nSPS) is 9.73. The minimum absolute atomic E-state index is 0.0198. The summed E-state index contributed by atoms with van der Waals surface area (Å²) in [5.41, 5.74) is 0.590. The van der Waals surface area contributed by atoms with E-state index in [1.165, 1.54) is 6.92 Å². The molecule has 0 radical (unpaired) electrons. The number of rotatable bonds is 4. The summed E-state index contributed by atoms with van der Waals surface area (Å²) in [6, 6.07) is 6.41. The number of hydrogen-bond donors (Lipinski definition) is 0. The molecule has 0 N–H and O–H groups in total. The van der Waals surface area contributed by atoms with E-state index in [1.807, 2.05) is 0 Å². The van der Waals surface area contributed by atoms with Gasteiger partial charge in [0.2, 0.25) is 0 Å². The monoisotopic (exact) mass is 226 g/mol. The van der Waals surface area contributed by atoms with Gasteiger partial charge < -0.3 is 4.74 Å². The summed E-state index contributed by atoms with van der Waals surface area (Å²) in [6.07, 6.45) is 0.177. The van der Waals surface area contributed by atoms with Crippen molar-refractivity contribution >= 4 is 23.4 Å². The van der Waals surface area contributed by atoms with E-state index >= 15 is 0 Å². The molecule has 1 aromatic carbocycles. The van der Waals surface area contributed by atoms with E-state index in [9.17, 15) is 9.59 Å². The van der Waals surface area contributed by atoms with Gasteiger partial charge in [-0.2, -0.15) is 0 Å². The smallest absolute Gasteiger partial charge is 0.312 e. The number of hydrogen-bond acceptors (Lipinski definition) is 3. The maximum atomic E-state index is 11.1. The number of carbonyl (C=O) groups is 2. The van der Waals surface area contributed by atoms with Crippen LogP contribution in [0.2, 0.25) is 0 Å². The molecular weight excluding hydrogens is 216 g/mol. The summed E-state index contributed by atoms with van der Waals surface area (Å²) in [5.74, 6) is 0.272. The third kappa shape index (κ3) is 3.72. The van der Waals surface area contributed by atoms with Gasteiger partial charge in [0.15, 0.2) is 5.78 Å². The molecule has 80 valence electrons. The summed E-state index contributed by atoms with van der Waals surface area (Å²) in [5, 5.41) is 0. The first kappa shape index (κ1) is 11.7. The Hall–Kier alpha value is -1.35. The van der Waals surface area contributed by atoms with Crippen molar-refractivity contribution < 1.29 is 14.3 Å². The molecule has 0 aromatic heterocycles. The number of ketones is 1. The number of alkyl halides is 1. The van der Waals surface area contributed by atoms with Gasteiger partial charge in [0.25, 0.3) is 0 Å². The molecule has 0 atom stereocenters. The highest BCUT2D eigenvalue weighted by Crippen LogP contribution is 2.13. The van der Waals surface area contributed by atoms with Crippen molar-refractivity contribution in [1.82, 2.24) is 0 Å². The summed E-state index contributed by atoms with van der Waals surface area (Å²) in [4.78, 5) is 22.0. The number of carbonyl (C=O) groups excluding carboxylic acids is 2. The molecule has 0 bridgehead atoms. The van der Waals surface area contributed by atoms with Crippen LogP contribution in [0.3, 0.4) is 0 Å². The Kier molecular flexibility index (Phi) is 4.31. The second-order valence-electron chi connectivity index (χ2n) is 2.99. The van der Waals surface area contributed by atoms with Gasteiger partial charge in [-0.1, -0.05) is 0 Å². The number of ether oxygens (including phenoxy) is 1. The van der Waals surface area contributed by atoms with Crippen LogP contribution in [0.15, 0.2) is 24.3 Å². The molecule has 0 saturated carbocycles. The number of halogens is 1. The van der Waals surface area contributed by atoms with Gasteiger partial charge in [-0.25, -0.2) is 0 Å². The summed E-state index contributed by atoms with van der Waals surface area (Å²) >= 11 is 5.38. The van der Waals surface area contributed by atoms with E-state index in [1.54, 1.807) is 24.3 Å². The Bertz CT molecular complexity index is 357. The van der Waals surface area contributed by atoms with E-state index in [0.717, 1.165) is 0 Å². The maximum Gasteiger partial charge on any atom is 0.312 e. The molecule has 0 saturated heterocycles. The van der Waals surface area contributed by atoms with E-state index in [-0.39, 0.29) is 24.1 Å². The fourth-order valence-electron chi connectivity index (χ4n) is 1.02. The van der Waals surface area contributed by atoms with Crippen molar-refractivity contribution in [3.05, 3.63) is 29.8 Å². The Morgan fingerprint density at radius 1 is 1.27 bits per heavy atom. The van der Waals surface area contributed by atoms with E-state index in [2.05, 4.69) is 0 Å². The Balaban J connectivity index is 2.64. The first-order valence-corrected chi connectivity index (χ1v) is 5.04. The van der Waals surface area contributed by atoms with Crippen LogP contribution in [0, 0.1) is 0 Å². The van der Waals surface area contributed by atoms with Crippen LogP contribution in [-0.4, -0.2) is 17.6 Å². The second-order valence-corrected chi connectivity index (χ2v) is 3.37. The summed E-state index contributed by atoms with van der Waals surface area (Å²) in [7, 11) is 0. The van der Waals surface area contributed by atoms with E-state index < -0.39 is 0 Å². The highest BCUT2D eigenvalue weighted by Gasteiger charge is 2.04. The summed E-state index contributed by atoms with van der Waals surface area (Å²) in [6.45, 7) is 1.48. The van der Waals surface area contributed by atoms with Crippen molar-refractivity contribution in [3.8, 4) is 5.75 Å². The number of esters is 1. The Labute approximate surface area is 93.0 Å². The minimum atomic E-state index is -0.374. The van der Waals surface area contributed by atoms with Gasteiger partial charge in [0.1, 0.15) is 5.75 Å². The van der Waals surface area contributed by atoms with E-state index in [4.69, 9.17) is 16.3 Å². The maximum absolute atomic E-state index is 11.1. The molecule has 0 aliphatic heterocycles. The van der Waals surface area contributed by atoms with Gasteiger partial charge in [-0.05, 0) is 31.2 Å². The molecular formula is C11H11ClO3. The first-order chi connectivity index (χ1) is 7.13. The average molecular weight is 227 g/mol. The topological polar surface area (TPSA) is 43.4 Å². The van der Waals surface area contributed by atoms with Gasteiger partial charge in [0.05, 0.1) is 6.42 Å². The molecule has 15 heavy (non-hydrogen) atoms. The van der Waals surface area contributed by atoms with Crippen molar-refractivity contribution in [2.75, 3.05) is 5.88 Å². The van der Waals surface area contributed by atoms with Crippen LogP contribution in [0.1, 0.15) is 23.7 Å². The zero-order valence-corrected chi connectivity index (χ0v) is 9.08. The third-order valence-corrected chi connectivity index (χ3v) is 1.98. The van der Waals surface area contributed by atoms with Crippen molar-refractivity contribution in [3.63, 3.8) is 0 Å². The highest BCUT2D eigenvalue weighted by molar-refractivity contribution is 6.18. The molecule has 0 amide bonds. The number of benzene rings is 1. The van der Waals surface area contributed by atoms with Crippen LogP contribution in [0.4, 0.5) is 0 Å². The zero-order chi connectivity index (χ0) is 11.3. The second kappa shape index (κ2) is 5.51. The van der Waals surface area contributed by atoms with Crippen molar-refractivity contribution in [1.29, 1.82) is 0 Å². The van der Waals surface area contributed by atoms with Gasteiger partial charge in [-0.3, -0.25) is 9.59 Å². The molecule has 0 unspecified atom stereocenters. The van der Waals surface area contributed by atoms with Crippen LogP contribution >= 0.6 is 11.6 Å². The molecule has 0 fully saturated rings. The van der Waals surface area contributed by atoms with Crippen LogP contribution in [-0.2, 0) is 4.79 Å². The lowest BCUT2D eigenvalue weighted by Gasteiger charge is -2.03. The van der Waals surface area contributed by atoms with Crippen LogP contribution in [0.5, 0.6) is 5.75 Å². The van der Waals surface area contributed by atoms with Crippen molar-refractivity contribution in [2.45, 2.75) is 13.3 Å². The van der Waals surface area contributed by atoms with E-state index in [0.29, 0.717) is 11.3 Å². The largest absolute Gasteiger partial charge is 0.426 e. The molecule has 0 aliphatic carbocycles. The van der Waals surface area contributed by atoms with Gasteiger partial charge >= 0.3 is 5.97 Å². The molecule has 4 heteroatoms. The number of Topliss-reactive ketones (excluding diaryl/α,β-unsaturated/α-hetero) is 1. The Morgan fingerprint density at radius 2 is 1.87 bits per heavy atom. The fraction of sp³-hybridized carbons (Fsp3) is 0.273. The molecule has 1 aromatic rings. The lowest BCUT2D eigenvalue weighted by atomic mass is 10.1. The molecule has 0 aliphatic rings. The van der Waals surface area contributed by atoms with Crippen LogP contribution in [0.25, 0.3) is 0 Å². The third-order valence-electron chi connectivity index (χ3n) is 1.79. The minimum Gasteiger partial charge on any atom is -0.426 e. The quantitative estimate of drug-likeness (QED) is 0.343. The predicted octanol–water partition coefficient (Wildman–Crippen LogP) is 2.42. The van der Waals surface area contributed by atoms with Gasteiger partial charge in [0, 0.05) is 11.4 Å². The standard InChI is InChI=1S/C11H11ClO3/c1-8(13)9-2-4-10(5-3-9)15-11(14)6-7-12/h2-5H,6-7H2,1H3. The lowest BCUT2D eigenvalue weighted by Crippen LogP contribution is -2.08. The van der Waals surface area contributed by atoms with Gasteiger partial charge in [-0.15, -0.1) is 11.6 Å². The molecule has 3 nitrogen and oxygen atoms in total. The first-order valence-electron chi connectivity index (χ1n) is 4.51. The highest BCUT2D eigenvalue weighted by atomic mass is 35.5. The van der Waals surface area contributed by atoms with Crippen molar-refractivity contribution in [2.24, 2.45) is 0 Å². The Morgan fingerprint density at radius 3 is 2.33 bits per heavy atom. The molecule has 0 spiro atoms. The molecule has 0 heterocycles. The fourth-order valence-corrected chi connectivity index (χ4v) is 1.17. The average Bonchev–Trinajstić information content (AvgIpc) is 2.18. The summed E-state index contributed by atoms with van der Waals surface area (Å²) < 4.78 is 4.95. The lowest BCUT2D eigenvalue weighted by molar-refractivity contribution is -0.133.